The van der Waals surface area contributed by atoms with Gasteiger partial charge < -0.3 is 4.57 Å². The first kappa shape index (κ1) is 25.5. The lowest BCUT2D eigenvalue weighted by Gasteiger charge is -2.26. The summed E-state index contributed by atoms with van der Waals surface area (Å²) in [7, 11) is 0. The molecule has 10 rings (SSSR count). The Labute approximate surface area is 267 Å². The summed E-state index contributed by atoms with van der Waals surface area (Å²) in [6.07, 6.45) is 0.960. The van der Waals surface area contributed by atoms with Gasteiger partial charge in [0, 0.05) is 32.8 Å². The normalized spacial score (nSPS) is 12.7. The summed E-state index contributed by atoms with van der Waals surface area (Å²) in [5.41, 5.74) is 12.5. The highest BCUT2D eigenvalue weighted by Crippen LogP contribution is 2.41. The molecule has 0 N–H and O–H groups in total. The zero-order valence-electron chi connectivity index (χ0n) is 25.1. The molecule has 0 amide bonds. The summed E-state index contributed by atoms with van der Waals surface area (Å²) in [6.45, 7) is 0.0877. The topological polar surface area (TPSA) is 22.8 Å². The molecule has 1 aliphatic heterocycles. The predicted octanol–water partition coefficient (Wildman–Crippen LogP) is 7.70. The molecule has 0 saturated carbocycles. The third-order valence-electron chi connectivity index (χ3n) is 9.88. The molecule has 0 aliphatic carbocycles. The number of pyridine rings is 1. The van der Waals surface area contributed by atoms with E-state index in [1.165, 1.54) is 65.8 Å². The van der Waals surface area contributed by atoms with Crippen LogP contribution in [-0.2, 0) is 6.42 Å². The van der Waals surface area contributed by atoms with Gasteiger partial charge in [-0.2, -0.15) is 0 Å². The van der Waals surface area contributed by atoms with Gasteiger partial charge in [0.2, 0.25) is 0 Å². The summed E-state index contributed by atoms with van der Waals surface area (Å²) in [5, 5.41) is 5.03. The van der Waals surface area contributed by atoms with Crippen molar-refractivity contribution in [1.29, 1.82) is 0 Å². The molecule has 4 heterocycles. The van der Waals surface area contributed by atoms with Gasteiger partial charge in [0.1, 0.15) is 5.82 Å². The van der Waals surface area contributed by atoms with E-state index in [1.807, 2.05) is 0 Å². The smallest absolute Gasteiger partial charge is 0.265 e. The second-order valence-corrected chi connectivity index (χ2v) is 12.3. The molecule has 0 unspecified atom stereocenters. The molecule has 214 valence electrons. The quantitative estimate of drug-likeness (QED) is 0.195. The third-order valence-corrected chi connectivity index (χ3v) is 9.88. The molecule has 1 aliphatic rings. The lowest BCUT2D eigenvalue weighted by atomic mass is 9.35. The van der Waals surface area contributed by atoms with E-state index in [2.05, 4.69) is 167 Å². The Bertz CT molecular complexity index is 2580. The van der Waals surface area contributed by atoms with E-state index in [4.69, 9.17) is 4.98 Å². The third kappa shape index (κ3) is 3.58. The van der Waals surface area contributed by atoms with Gasteiger partial charge in [-0.1, -0.05) is 120 Å². The second kappa shape index (κ2) is 9.82. The Morgan fingerprint density at radius 3 is 1.65 bits per heavy atom. The molecule has 9 aromatic rings. The molecular formula is C42H28BN3. The first-order valence-corrected chi connectivity index (χ1v) is 16.0. The van der Waals surface area contributed by atoms with Crippen LogP contribution in [0, 0.1) is 0 Å². The number of fused-ring (bicyclic) bond motifs is 9. The maximum Gasteiger partial charge on any atom is 0.265 e. The Morgan fingerprint density at radius 1 is 0.435 bits per heavy atom. The van der Waals surface area contributed by atoms with Crippen LogP contribution in [0.25, 0.3) is 55.1 Å². The van der Waals surface area contributed by atoms with E-state index < -0.39 is 0 Å². The summed E-state index contributed by atoms with van der Waals surface area (Å²) >= 11 is 0. The first-order chi connectivity index (χ1) is 22.8. The summed E-state index contributed by atoms with van der Waals surface area (Å²) in [5.74, 6) is 0.940. The molecule has 0 atom stereocenters. The number of nitrogens with zero attached hydrogens (tertiary/aromatic N) is 3. The van der Waals surface area contributed by atoms with Gasteiger partial charge in [-0.05, 0) is 66.1 Å². The molecule has 46 heavy (non-hydrogen) atoms. The van der Waals surface area contributed by atoms with Crippen molar-refractivity contribution in [3.05, 3.63) is 169 Å². The standard InChI is InChI=1S/C42H28BN3/c1-2-15-30(16-3-1)45-35-21-10-6-17-31(35)41-37(45)25-26-38-42(41)32-18-7-11-22-36(32)46(38)40-24-12-23-39(44-40)43-33-19-8-4-13-28(33)27-29-14-5-9-20-34(29)43/h1-26H,27H2. The Hall–Kier alpha value is -5.87. The summed E-state index contributed by atoms with van der Waals surface area (Å²) < 4.78 is 4.76. The largest absolute Gasteiger partial charge is 0.309 e. The van der Waals surface area contributed by atoms with Crippen LogP contribution < -0.4 is 16.5 Å². The van der Waals surface area contributed by atoms with E-state index in [9.17, 15) is 0 Å². The molecule has 0 radical (unpaired) electrons. The van der Waals surface area contributed by atoms with Crippen molar-refractivity contribution < 1.29 is 0 Å². The SMILES string of the molecule is c1ccc(-n2c3ccccc3c3c4c5ccccc5n(-c5cccc(B6c7ccccc7Cc7ccccc76)n5)c4ccc32)cc1. The fraction of sp³-hybridized carbons (Fsp3) is 0.0238. The van der Waals surface area contributed by atoms with Crippen LogP contribution in [0.3, 0.4) is 0 Å². The van der Waals surface area contributed by atoms with Gasteiger partial charge in [-0.3, -0.25) is 4.57 Å². The molecule has 6 aromatic carbocycles. The lowest BCUT2D eigenvalue weighted by molar-refractivity contribution is 1.09. The highest BCUT2D eigenvalue weighted by Gasteiger charge is 2.31. The van der Waals surface area contributed by atoms with Gasteiger partial charge in [-0.15, -0.1) is 0 Å². The van der Waals surface area contributed by atoms with Crippen LogP contribution in [-0.4, -0.2) is 20.8 Å². The molecule has 3 nitrogen and oxygen atoms in total. The van der Waals surface area contributed by atoms with Gasteiger partial charge in [-0.25, -0.2) is 4.98 Å². The highest BCUT2D eigenvalue weighted by atomic mass is 15.1. The molecule has 0 fully saturated rings. The van der Waals surface area contributed by atoms with Gasteiger partial charge in [0.25, 0.3) is 6.71 Å². The molecule has 0 bridgehead atoms. The summed E-state index contributed by atoms with van der Waals surface area (Å²) in [4.78, 5) is 5.49. The van der Waals surface area contributed by atoms with E-state index in [-0.39, 0.29) is 6.71 Å². The number of hydrogen-bond donors (Lipinski definition) is 0. The number of rotatable bonds is 3. The van der Waals surface area contributed by atoms with Crippen molar-refractivity contribution in [2.75, 3.05) is 0 Å². The summed E-state index contributed by atoms with van der Waals surface area (Å²) in [6, 6.07) is 57.1. The average molecular weight is 586 g/mol. The van der Waals surface area contributed by atoms with E-state index in [0.29, 0.717) is 0 Å². The van der Waals surface area contributed by atoms with E-state index in [1.54, 1.807) is 0 Å². The van der Waals surface area contributed by atoms with Crippen LogP contribution in [0.4, 0.5) is 0 Å². The molecule has 0 spiro atoms. The zero-order chi connectivity index (χ0) is 30.2. The van der Waals surface area contributed by atoms with Crippen molar-refractivity contribution in [3.8, 4) is 11.5 Å². The molecule has 0 saturated heterocycles. The van der Waals surface area contributed by atoms with Crippen LogP contribution in [0.15, 0.2) is 158 Å². The lowest BCUT2D eigenvalue weighted by Crippen LogP contribution is -2.57. The number of hydrogen-bond acceptors (Lipinski definition) is 1. The molecular weight excluding hydrogens is 557 g/mol. The van der Waals surface area contributed by atoms with Crippen molar-refractivity contribution in [2.24, 2.45) is 0 Å². The monoisotopic (exact) mass is 585 g/mol. The van der Waals surface area contributed by atoms with Crippen molar-refractivity contribution in [3.63, 3.8) is 0 Å². The average Bonchev–Trinajstić information content (AvgIpc) is 3.64. The van der Waals surface area contributed by atoms with E-state index in [0.717, 1.165) is 23.3 Å². The van der Waals surface area contributed by atoms with Crippen molar-refractivity contribution in [1.82, 2.24) is 14.1 Å². The number of benzene rings is 6. The van der Waals surface area contributed by atoms with Crippen molar-refractivity contribution in [2.45, 2.75) is 6.42 Å². The number of aromatic nitrogens is 3. The van der Waals surface area contributed by atoms with Gasteiger partial charge in [0.05, 0.1) is 22.1 Å². The fourth-order valence-corrected chi connectivity index (χ4v) is 7.99. The van der Waals surface area contributed by atoms with E-state index >= 15 is 0 Å². The Morgan fingerprint density at radius 2 is 0.978 bits per heavy atom. The van der Waals surface area contributed by atoms with Crippen molar-refractivity contribution >= 4 is 66.8 Å². The molecule has 3 aromatic heterocycles. The predicted molar refractivity (Wildman–Crippen MR) is 193 cm³/mol. The van der Waals surface area contributed by atoms with Crippen LogP contribution in [0.5, 0.6) is 0 Å². The maximum absolute atomic E-state index is 5.49. The fourth-order valence-electron chi connectivity index (χ4n) is 7.99. The minimum atomic E-state index is 0.0877. The van der Waals surface area contributed by atoms with Gasteiger partial charge >= 0.3 is 0 Å². The zero-order valence-corrected chi connectivity index (χ0v) is 25.1. The van der Waals surface area contributed by atoms with Gasteiger partial charge in [0.15, 0.2) is 0 Å². The van der Waals surface area contributed by atoms with Crippen LogP contribution in [0.2, 0.25) is 0 Å². The van der Waals surface area contributed by atoms with Crippen LogP contribution in [0.1, 0.15) is 11.1 Å². The minimum Gasteiger partial charge on any atom is -0.309 e. The number of para-hydroxylation sites is 3. The first-order valence-electron chi connectivity index (χ1n) is 16.0. The highest BCUT2D eigenvalue weighted by molar-refractivity contribution is 6.96. The Balaban J connectivity index is 1.26. The maximum atomic E-state index is 5.49. The molecule has 4 heteroatoms. The second-order valence-electron chi connectivity index (χ2n) is 12.3. The van der Waals surface area contributed by atoms with Crippen LogP contribution >= 0.6 is 0 Å². The minimum absolute atomic E-state index is 0.0877. The Kier molecular flexibility index (Phi) is 5.43.